The summed E-state index contributed by atoms with van der Waals surface area (Å²) in [6.07, 6.45) is 3.38. The van der Waals surface area contributed by atoms with Crippen LogP contribution >= 0.6 is 0 Å². The molecule has 4 aliphatic rings. The Morgan fingerprint density at radius 2 is 1.91 bits per heavy atom. The number of fused-ring (bicyclic) bond motifs is 2. The number of carbonyl (C=O) groups is 2. The number of ketones is 1. The van der Waals surface area contributed by atoms with Crippen molar-refractivity contribution >= 4 is 11.8 Å². The average molecular weight is 483 g/mol. The molecule has 0 aromatic heterocycles. The Labute approximate surface area is 204 Å². The van der Waals surface area contributed by atoms with Crippen molar-refractivity contribution in [2.24, 2.45) is 11.8 Å². The maximum Gasteiger partial charge on any atom is 0.333 e. The van der Waals surface area contributed by atoms with E-state index in [-0.39, 0.29) is 42.7 Å². The number of allylic oxidation sites excluding steroid dienone is 2. The molecular weight excluding hydrogens is 452 g/mol. The van der Waals surface area contributed by atoms with Crippen molar-refractivity contribution in [3.05, 3.63) is 52.0 Å². The molecule has 1 aromatic rings. The zero-order chi connectivity index (χ0) is 25.1. The second-order valence-electron chi connectivity index (χ2n) is 9.54. The molecule has 2 aliphatic heterocycles. The van der Waals surface area contributed by atoms with Crippen LogP contribution in [0.5, 0.6) is 17.2 Å². The van der Waals surface area contributed by atoms with E-state index in [0.29, 0.717) is 35.0 Å². The largest absolute Gasteiger partial charge is 0.496 e. The van der Waals surface area contributed by atoms with Crippen molar-refractivity contribution in [2.45, 2.75) is 45.6 Å². The number of hydrogen-bond donors (Lipinski definition) is 0. The molecule has 0 bridgehead atoms. The molecule has 1 aromatic carbocycles. The van der Waals surface area contributed by atoms with E-state index in [1.54, 1.807) is 26.0 Å². The normalized spacial score (nSPS) is 28.9. The molecule has 2 heterocycles. The highest BCUT2D eigenvalue weighted by molar-refractivity contribution is 6.05. The number of benzene rings is 1. The Bertz CT molecular complexity index is 1210. The molecule has 0 radical (unpaired) electrons. The monoisotopic (exact) mass is 482 g/mol. The summed E-state index contributed by atoms with van der Waals surface area (Å²) >= 11 is 0. The Hall–Kier alpha value is -3.42. The van der Waals surface area contributed by atoms with Gasteiger partial charge in [0.05, 0.1) is 14.2 Å². The van der Waals surface area contributed by atoms with Crippen molar-refractivity contribution in [3.63, 3.8) is 0 Å². The first-order valence-electron chi connectivity index (χ1n) is 11.8. The fraction of sp³-hybridized carbons (Fsp3) is 0.481. The number of esters is 1. The molecule has 0 amide bonds. The van der Waals surface area contributed by atoms with Crippen LogP contribution < -0.4 is 14.2 Å². The minimum atomic E-state index is -0.922. The van der Waals surface area contributed by atoms with Gasteiger partial charge in [-0.25, -0.2) is 4.79 Å². The highest BCUT2D eigenvalue weighted by Crippen LogP contribution is 2.62. The predicted molar refractivity (Wildman–Crippen MR) is 125 cm³/mol. The van der Waals surface area contributed by atoms with Crippen LogP contribution in [0.25, 0.3) is 0 Å². The topological polar surface area (TPSA) is 89.5 Å². The summed E-state index contributed by atoms with van der Waals surface area (Å²) in [6, 6.07) is 1.88. The van der Waals surface area contributed by atoms with E-state index in [0.717, 1.165) is 16.7 Å². The van der Waals surface area contributed by atoms with Crippen LogP contribution in [0.4, 0.5) is 0 Å². The lowest BCUT2D eigenvalue weighted by molar-refractivity contribution is -0.148. The first-order valence-corrected chi connectivity index (χ1v) is 11.8. The molecule has 1 spiro atoms. The van der Waals surface area contributed by atoms with Crippen LogP contribution in [-0.4, -0.2) is 39.4 Å². The van der Waals surface area contributed by atoms with Gasteiger partial charge in [-0.15, -0.1) is 0 Å². The summed E-state index contributed by atoms with van der Waals surface area (Å²) in [5.41, 5.74) is 2.00. The van der Waals surface area contributed by atoms with Crippen molar-refractivity contribution in [1.29, 1.82) is 0 Å². The van der Waals surface area contributed by atoms with Gasteiger partial charge in [-0.3, -0.25) is 4.79 Å². The lowest BCUT2D eigenvalue weighted by Gasteiger charge is -2.42. The second kappa shape index (κ2) is 8.36. The van der Waals surface area contributed by atoms with Crippen LogP contribution in [0, 0.1) is 11.8 Å². The molecule has 2 aliphatic carbocycles. The summed E-state index contributed by atoms with van der Waals surface area (Å²) in [4.78, 5) is 26.0. The zero-order valence-electron chi connectivity index (χ0n) is 20.9. The van der Waals surface area contributed by atoms with E-state index in [9.17, 15) is 9.59 Å². The van der Waals surface area contributed by atoms with Gasteiger partial charge in [0, 0.05) is 22.6 Å². The summed E-state index contributed by atoms with van der Waals surface area (Å²) in [6.45, 7) is 7.96. The molecule has 35 heavy (non-hydrogen) atoms. The van der Waals surface area contributed by atoms with Gasteiger partial charge in [0.1, 0.15) is 18.1 Å². The number of rotatable bonds is 4. The Kier molecular flexibility index (Phi) is 5.57. The molecule has 8 nitrogen and oxygen atoms in total. The van der Waals surface area contributed by atoms with Gasteiger partial charge >= 0.3 is 5.97 Å². The van der Waals surface area contributed by atoms with Crippen molar-refractivity contribution < 1.29 is 38.0 Å². The third-order valence-electron chi connectivity index (χ3n) is 7.80. The van der Waals surface area contributed by atoms with Crippen LogP contribution in [0.15, 0.2) is 40.9 Å². The van der Waals surface area contributed by atoms with Gasteiger partial charge in [0.2, 0.25) is 24.1 Å². The minimum absolute atomic E-state index is 0.0627. The molecule has 0 saturated carbocycles. The van der Waals surface area contributed by atoms with E-state index >= 15 is 0 Å². The van der Waals surface area contributed by atoms with Gasteiger partial charge in [-0.05, 0) is 43.9 Å². The van der Waals surface area contributed by atoms with E-state index in [1.807, 2.05) is 6.07 Å². The Balaban J connectivity index is 1.83. The quantitative estimate of drug-likeness (QED) is 0.464. The molecular formula is C27H30O8. The van der Waals surface area contributed by atoms with E-state index in [1.165, 1.54) is 14.2 Å². The highest BCUT2D eigenvalue weighted by Gasteiger charge is 2.58. The summed E-state index contributed by atoms with van der Waals surface area (Å²) in [5, 5.41) is 0. The Morgan fingerprint density at radius 3 is 2.60 bits per heavy atom. The lowest BCUT2D eigenvalue weighted by atomic mass is 9.62. The standard InChI is InChI=1S/C27H30O8/c1-7-13(2)26(29)35-21-15(4)14(3)8-16-9-18(28)22(30-5)25(31-6)27(16)11-32-24-20(27)17(21)10-19-23(24)34-12-33-19/h7,9-10,14-15,21H,8,11-12H2,1-6H3/t14-,15-,21-,27+/m1/s1. The van der Waals surface area contributed by atoms with E-state index in [2.05, 4.69) is 13.8 Å². The van der Waals surface area contributed by atoms with Crippen LogP contribution in [0.2, 0.25) is 0 Å². The van der Waals surface area contributed by atoms with Gasteiger partial charge in [-0.2, -0.15) is 0 Å². The SMILES string of the molecule is CC=C(C)C(=O)O[C@H]1c2cc3c(c4c2[C@]2(CO4)C(=CC(=O)C(OC)=C2OC)C[C@@H](C)[C@H]1C)OCO3. The van der Waals surface area contributed by atoms with Crippen LogP contribution in [-0.2, 0) is 29.2 Å². The minimum Gasteiger partial charge on any atom is -0.496 e. The van der Waals surface area contributed by atoms with Crippen molar-refractivity contribution in [3.8, 4) is 17.2 Å². The number of ether oxygens (including phenoxy) is 6. The zero-order valence-corrected chi connectivity index (χ0v) is 20.9. The predicted octanol–water partition coefficient (Wildman–Crippen LogP) is 4.29. The molecule has 8 heteroatoms. The van der Waals surface area contributed by atoms with Crippen LogP contribution in [0.1, 0.15) is 51.3 Å². The van der Waals surface area contributed by atoms with E-state index in [4.69, 9.17) is 28.4 Å². The average Bonchev–Trinajstić information content (AvgIpc) is 3.47. The smallest absolute Gasteiger partial charge is 0.333 e. The fourth-order valence-electron chi connectivity index (χ4n) is 5.62. The molecule has 0 saturated heterocycles. The maximum atomic E-state index is 13.0. The molecule has 186 valence electrons. The van der Waals surface area contributed by atoms with Gasteiger partial charge in [0.25, 0.3) is 0 Å². The van der Waals surface area contributed by atoms with Gasteiger partial charge < -0.3 is 28.4 Å². The molecule has 4 atom stereocenters. The number of methoxy groups -OCH3 is 2. The molecule has 0 fully saturated rings. The third-order valence-corrected chi connectivity index (χ3v) is 7.80. The summed E-state index contributed by atoms with van der Waals surface area (Å²) < 4.78 is 35.4. The van der Waals surface area contributed by atoms with Crippen molar-refractivity contribution in [1.82, 2.24) is 0 Å². The van der Waals surface area contributed by atoms with Gasteiger partial charge in [0.15, 0.2) is 17.3 Å². The Morgan fingerprint density at radius 1 is 1.14 bits per heavy atom. The van der Waals surface area contributed by atoms with Crippen molar-refractivity contribution in [2.75, 3.05) is 27.6 Å². The molecule has 0 N–H and O–H groups in total. The molecule has 5 rings (SSSR count). The number of hydrogen-bond acceptors (Lipinski definition) is 8. The lowest BCUT2D eigenvalue weighted by Crippen LogP contribution is -2.42. The second-order valence-corrected chi connectivity index (χ2v) is 9.54. The van der Waals surface area contributed by atoms with Crippen LogP contribution in [0.3, 0.4) is 0 Å². The first-order chi connectivity index (χ1) is 16.8. The highest BCUT2D eigenvalue weighted by atomic mass is 16.7. The third kappa shape index (κ3) is 3.18. The summed E-state index contributed by atoms with van der Waals surface area (Å²) in [5.74, 6) is 1.45. The number of carbonyl (C=O) groups excluding carboxylic acids is 2. The maximum absolute atomic E-state index is 13.0. The summed E-state index contributed by atoms with van der Waals surface area (Å²) in [7, 11) is 2.98. The van der Waals surface area contributed by atoms with Gasteiger partial charge in [-0.1, -0.05) is 19.9 Å². The fourth-order valence-corrected chi connectivity index (χ4v) is 5.62. The van der Waals surface area contributed by atoms with E-state index < -0.39 is 11.5 Å². The molecule has 0 unspecified atom stereocenters. The first kappa shape index (κ1) is 23.3.